The molecule has 0 aliphatic carbocycles. The average molecular weight is 279 g/mol. The predicted octanol–water partition coefficient (Wildman–Crippen LogP) is -0.628. The Morgan fingerprint density at radius 1 is 1.20 bits per heavy atom. The molecule has 0 N–H and O–H groups in total. The van der Waals surface area contributed by atoms with Crippen LogP contribution in [0.3, 0.4) is 0 Å². The number of hydrogen-bond donors (Lipinski definition) is 0. The van der Waals surface area contributed by atoms with Gasteiger partial charge in [-0.2, -0.15) is 0 Å². The number of carbonyl (C=O) groups excluding carboxylic acids is 2. The number of carbonyl (C=O) groups is 2. The molecule has 108 valence electrons. The minimum atomic E-state index is -0.632. The molecule has 0 unspecified atom stereocenters. The lowest BCUT2D eigenvalue weighted by molar-refractivity contribution is -0.130. The molecular weight excluding hydrogens is 262 g/mol. The summed E-state index contributed by atoms with van der Waals surface area (Å²) in [6, 6.07) is 0. The van der Waals surface area contributed by atoms with E-state index in [-0.39, 0.29) is 18.0 Å². The van der Waals surface area contributed by atoms with E-state index in [1.165, 1.54) is 20.2 Å². The maximum Gasteiger partial charge on any atom is 0.331 e. The van der Waals surface area contributed by atoms with Crippen LogP contribution in [0.4, 0.5) is 0 Å². The van der Waals surface area contributed by atoms with Crippen LogP contribution < -0.4 is 11.2 Å². The summed E-state index contributed by atoms with van der Waals surface area (Å²) in [5.41, 5.74) is -1.30. The molecule has 0 saturated carbocycles. The van der Waals surface area contributed by atoms with Gasteiger partial charge in [-0.3, -0.25) is 23.5 Å². The van der Waals surface area contributed by atoms with E-state index < -0.39 is 17.0 Å². The average Bonchev–Trinajstić information content (AvgIpc) is 2.93. The predicted molar refractivity (Wildman–Crippen MR) is 71.8 cm³/mol. The van der Waals surface area contributed by atoms with Crippen molar-refractivity contribution < 1.29 is 9.59 Å². The minimum Gasteiger partial charge on any atom is -0.341 e. The highest BCUT2D eigenvalue weighted by Gasteiger charge is 2.20. The summed E-state index contributed by atoms with van der Waals surface area (Å²) in [5.74, 6) is -0.592. The Morgan fingerprint density at radius 2 is 1.80 bits per heavy atom. The lowest BCUT2D eigenvalue weighted by atomic mass is 10.2. The smallest absolute Gasteiger partial charge is 0.331 e. The second-order valence-corrected chi connectivity index (χ2v) is 4.96. The van der Waals surface area contributed by atoms with Gasteiger partial charge in [-0.1, -0.05) is 0 Å². The third kappa shape index (κ3) is 2.56. The molecule has 1 aromatic heterocycles. The van der Waals surface area contributed by atoms with Crippen LogP contribution in [0.5, 0.6) is 0 Å². The molecule has 2 rings (SSSR count). The van der Waals surface area contributed by atoms with Crippen LogP contribution in [0.1, 0.15) is 30.1 Å². The normalized spacial score (nSPS) is 14.6. The van der Waals surface area contributed by atoms with E-state index in [9.17, 15) is 19.2 Å². The highest BCUT2D eigenvalue weighted by Crippen LogP contribution is 2.07. The van der Waals surface area contributed by atoms with Crippen molar-refractivity contribution in [2.24, 2.45) is 7.05 Å². The van der Waals surface area contributed by atoms with Gasteiger partial charge in [0.25, 0.3) is 5.56 Å². The second kappa shape index (κ2) is 5.44. The maximum atomic E-state index is 12.0. The fourth-order valence-electron chi connectivity index (χ4n) is 2.29. The SMILES string of the molecule is CC(=O)c1cn(CC(=O)N2CCCC2)c(=O)n(C)c1=O. The molecule has 1 saturated heterocycles. The number of rotatable bonds is 3. The third-order valence-electron chi connectivity index (χ3n) is 3.50. The van der Waals surface area contributed by atoms with Gasteiger partial charge < -0.3 is 4.90 Å². The van der Waals surface area contributed by atoms with Crippen LogP contribution >= 0.6 is 0 Å². The topological polar surface area (TPSA) is 81.4 Å². The molecule has 1 fully saturated rings. The molecule has 1 aromatic rings. The number of Topliss-reactive ketones (excluding diaryl/α,β-unsaturated/α-hetero) is 1. The summed E-state index contributed by atoms with van der Waals surface area (Å²) in [5, 5.41) is 0. The number of aromatic nitrogens is 2. The summed E-state index contributed by atoms with van der Waals surface area (Å²) < 4.78 is 1.98. The van der Waals surface area contributed by atoms with Crippen LogP contribution in [0.25, 0.3) is 0 Å². The Hall–Kier alpha value is -2.18. The van der Waals surface area contributed by atoms with Gasteiger partial charge in [0.2, 0.25) is 5.91 Å². The van der Waals surface area contributed by atoms with E-state index in [2.05, 4.69) is 0 Å². The largest absolute Gasteiger partial charge is 0.341 e. The summed E-state index contributed by atoms with van der Waals surface area (Å²) >= 11 is 0. The fourth-order valence-corrected chi connectivity index (χ4v) is 2.29. The summed E-state index contributed by atoms with van der Waals surface area (Å²) in [6.07, 6.45) is 3.11. The Morgan fingerprint density at radius 3 is 2.35 bits per heavy atom. The molecule has 0 atom stereocenters. The number of ketones is 1. The van der Waals surface area contributed by atoms with Gasteiger partial charge in [0.15, 0.2) is 5.78 Å². The minimum absolute atomic E-state index is 0.0821. The standard InChI is InChI=1S/C13H17N3O4/c1-9(17)10-7-16(13(20)14(2)12(10)19)8-11(18)15-5-3-4-6-15/h7H,3-6,8H2,1-2H3. The van der Waals surface area contributed by atoms with E-state index in [1.54, 1.807) is 4.90 Å². The summed E-state index contributed by atoms with van der Waals surface area (Å²) in [4.78, 5) is 48.8. The van der Waals surface area contributed by atoms with Crippen molar-refractivity contribution in [1.82, 2.24) is 14.0 Å². The van der Waals surface area contributed by atoms with E-state index in [1.807, 2.05) is 0 Å². The van der Waals surface area contributed by atoms with Crippen molar-refractivity contribution in [2.75, 3.05) is 13.1 Å². The quantitative estimate of drug-likeness (QED) is 0.690. The number of amides is 1. The van der Waals surface area contributed by atoms with E-state index in [0.717, 1.165) is 22.0 Å². The first-order chi connectivity index (χ1) is 9.41. The number of likely N-dealkylation sites (tertiary alicyclic amines) is 1. The maximum absolute atomic E-state index is 12.0. The van der Waals surface area contributed by atoms with Crippen LogP contribution in [-0.4, -0.2) is 38.8 Å². The lowest BCUT2D eigenvalue weighted by Gasteiger charge is -2.16. The molecule has 0 bridgehead atoms. The number of nitrogens with zero attached hydrogens (tertiary/aromatic N) is 3. The molecule has 7 nitrogen and oxygen atoms in total. The molecule has 7 heteroatoms. The Kier molecular flexibility index (Phi) is 3.87. The zero-order valence-electron chi connectivity index (χ0n) is 11.6. The molecule has 1 amide bonds. The Labute approximate surface area is 115 Å². The van der Waals surface area contributed by atoms with Crippen molar-refractivity contribution in [1.29, 1.82) is 0 Å². The fraction of sp³-hybridized carbons (Fsp3) is 0.538. The lowest BCUT2D eigenvalue weighted by Crippen LogP contribution is -2.43. The van der Waals surface area contributed by atoms with Crippen molar-refractivity contribution in [3.8, 4) is 0 Å². The first-order valence-electron chi connectivity index (χ1n) is 6.51. The monoisotopic (exact) mass is 279 g/mol. The zero-order chi connectivity index (χ0) is 14.9. The van der Waals surface area contributed by atoms with E-state index in [4.69, 9.17) is 0 Å². The second-order valence-electron chi connectivity index (χ2n) is 4.96. The molecule has 0 radical (unpaired) electrons. The summed E-state index contributed by atoms with van der Waals surface area (Å²) in [7, 11) is 1.30. The van der Waals surface area contributed by atoms with Crippen molar-refractivity contribution in [2.45, 2.75) is 26.3 Å². The van der Waals surface area contributed by atoms with E-state index in [0.29, 0.717) is 13.1 Å². The van der Waals surface area contributed by atoms with Gasteiger partial charge in [-0.05, 0) is 19.8 Å². The molecule has 20 heavy (non-hydrogen) atoms. The van der Waals surface area contributed by atoms with Gasteiger partial charge in [-0.15, -0.1) is 0 Å². The molecule has 2 heterocycles. The number of hydrogen-bond acceptors (Lipinski definition) is 4. The van der Waals surface area contributed by atoms with Crippen molar-refractivity contribution in [3.63, 3.8) is 0 Å². The zero-order valence-corrected chi connectivity index (χ0v) is 11.6. The van der Waals surface area contributed by atoms with Crippen LogP contribution in [-0.2, 0) is 18.4 Å². The third-order valence-corrected chi connectivity index (χ3v) is 3.50. The summed E-state index contributed by atoms with van der Waals surface area (Å²) in [6.45, 7) is 2.50. The first kappa shape index (κ1) is 14.2. The van der Waals surface area contributed by atoms with Gasteiger partial charge in [0.1, 0.15) is 6.54 Å². The first-order valence-corrected chi connectivity index (χ1v) is 6.51. The molecule has 0 spiro atoms. The molecular formula is C13H17N3O4. The van der Waals surface area contributed by atoms with Gasteiger partial charge >= 0.3 is 5.69 Å². The van der Waals surface area contributed by atoms with Gasteiger partial charge in [-0.25, -0.2) is 4.79 Å². The molecule has 0 aromatic carbocycles. The van der Waals surface area contributed by atoms with Crippen molar-refractivity contribution in [3.05, 3.63) is 32.6 Å². The molecule has 1 aliphatic rings. The molecule has 1 aliphatic heterocycles. The van der Waals surface area contributed by atoms with Gasteiger partial charge in [0, 0.05) is 26.3 Å². The van der Waals surface area contributed by atoms with Crippen LogP contribution in [0.2, 0.25) is 0 Å². The highest BCUT2D eigenvalue weighted by molar-refractivity contribution is 5.93. The highest BCUT2D eigenvalue weighted by atomic mass is 16.2. The van der Waals surface area contributed by atoms with Crippen LogP contribution in [0, 0.1) is 0 Å². The van der Waals surface area contributed by atoms with E-state index >= 15 is 0 Å². The Bertz CT molecular complexity index is 665. The van der Waals surface area contributed by atoms with Gasteiger partial charge in [0.05, 0.1) is 5.56 Å². The Balaban J connectivity index is 2.36. The van der Waals surface area contributed by atoms with Crippen molar-refractivity contribution >= 4 is 11.7 Å². The van der Waals surface area contributed by atoms with Crippen LogP contribution in [0.15, 0.2) is 15.8 Å².